The van der Waals surface area contributed by atoms with Crippen molar-refractivity contribution in [1.82, 2.24) is 10.0 Å². The number of hydrogen-bond acceptors (Lipinski definition) is 3. The van der Waals surface area contributed by atoms with E-state index in [1.165, 1.54) is 29.8 Å². The summed E-state index contributed by atoms with van der Waals surface area (Å²) in [5.74, 6) is -0.913. The zero-order valence-corrected chi connectivity index (χ0v) is 14.9. The summed E-state index contributed by atoms with van der Waals surface area (Å²) in [6, 6.07) is 4.77. The van der Waals surface area contributed by atoms with Gasteiger partial charge in [-0.05, 0) is 56.4 Å². The van der Waals surface area contributed by atoms with Gasteiger partial charge in [0.05, 0.1) is 4.90 Å². The first-order valence-corrected chi connectivity index (χ1v) is 9.78. The van der Waals surface area contributed by atoms with E-state index in [1.807, 2.05) is 0 Å². The third-order valence-corrected chi connectivity index (χ3v) is 5.48. The molecule has 0 aromatic heterocycles. The Labute approximate surface area is 150 Å². The molecule has 2 rings (SSSR count). The van der Waals surface area contributed by atoms with Gasteiger partial charge in [-0.2, -0.15) is 13.2 Å². The summed E-state index contributed by atoms with van der Waals surface area (Å²) >= 11 is 0. The first-order chi connectivity index (χ1) is 12.2. The lowest BCUT2D eigenvalue weighted by molar-refractivity contribution is -0.123. The van der Waals surface area contributed by atoms with Crippen molar-refractivity contribution in [3.63, 3.8) is 0 Å². The number of sulfonamides is 1. The van der Waals surface area contributed by atoms with Crippen LogP contribution in [0.1, 0.15) is 42.5 Å². The van der Waals surface area contributed by atoms with Gasteiger partial charge in [-0.3, -0.25) is 4.79 Å². The van der Waals surface area contributed by atoms with Gasteiger partial charge in [0.2, 0.25) is 10.0 Å². The van der Waals surface area contributed by atoms with Crippen LogP contribution >= 0.6 is 0 Å². The smallest absolute Gasteiger partial charge is 0.343 e. The molecule has 0 radical (unpaired) electrons. The first-order valence-electron chi connectivity index (χ1n) is 8.30. The second kappa shape index (κ2) is 8.68. The van der Waals surface area contributed by atoms with Crippen LogP contribution in [-0.4, -0.2) is 33.6 Å². The summed E-state index contributed by atoms with van der Waals surface area (Å²) in [5, 5.41) is 1.73. The van der Waals surface area contributed by atoms with E-state index in [1.54, 1.807) is 5.32 Å². The molecule has 1 aliphatic carbocycles. The lowest BCUT2D eigenvalue weighted by atomic mass is 9.97. The molecule has 0 saturated heterocycles. The second-order valence-electron chi connectivity index (χ2n) is 6.08. The highest BCUT2D eigenvalue weighted by atomic mass is 32.2. The third kappa shape index (κ3) is 6.45. The van der Waals surface area contributed by atoms with E-state index in [-0.39, 0.29) is 17.0 Å². The van der Waals surface area contributed by atoms with Gasteiger partial charge < -0.3 is 5.32 Å². The predicted octanol–water partition coefficient (Wildman–Crippen LogP) is 3.15. The lowest BCUT2D eigenvalue weighted by Gasteiger charge is -2.13. The minimum absolute atomic E-state index is 0.0394. The molecule has 1 amide bonds. The molecule has 9 heteroatoms. The molecule has 0 unspecified atom stereocenters. The number of benzene rings is 1. The second-order valence-corrected chi connectivity index (χ2v) is 7.85. The molecular formula is C17H21F3N2O3S. The number of rotatable bonds is 7. The molecular weight excluding hydrogens is 369 g/mol. The Morgan fingerprint density at radius 2 is 1.81 bits per heavy atom. The molecule has 0 saturated carbocycles. The molecule has 0 spiro atoms. The molecule has 1 aromatic rings. The van der Waals surface area contributed by atoms with E-state index in [4.69, 9.17) is 0 Å². The van der Waals surface area contributed by atoms with Crippen LogP contribution in [0.3, 0.4) is 0 Å². The average molecular weight is 390 g/mol. The van der Waals surface area contributed by atoms with Crippen LogP contribution < -0.4 is 10.0 Å². The Hall–Kier alpha value is -1.87. The van der Waals surface area contributed by atoms with Crippen LogP contribution in [0.25, 0.3) is 0 Å². The Kier molecular flexibility index (Phi) is 6.82. The molecule has 0 aliphatic heterocycles. The summed E-state index contributed by atoms with van der Waals surface area (Å²) in [6.07, 6.45) is 2.60. The Morgan fingerprint density at radius 1 is 1.12 bits per heavy atom. The number of alkyl halides is 3. The number of nitrogens with one attached hydrogen (secondary N) is 2. The fourth-order valence-corrected chi connectivity index (χ4v) is 3.66. The zero-order chi connectivity index (χ0) is 19.2. The molecule has 0 bridgehead atoms. The maximum absolute atomic E-state index is 12.2. The summed E-state index contributed by atoms with van der Waals surface area (Å²) in [7, 11) is -3.73. The van der Waals surface area contributed by atoms with Crippen LogP contribution in [0.4, 0.5) is 13.2 Å². The topological polar surface area (TPSA) is 75.3 Å². The fraction of sp³-hybridized carbons (Fsp3) is 0.471. The van der Waals surface area contributed by atoms with E-state index in [0.29, 0.717) is 6.42 Å². The van der Waals surface area contributed by atoms with Gasteiger partial charge >= 0.3 is 6.18 Å². The van der Waals surface area contributed by atoms with Gasteiger partial charge in [-0.25, -0.2) is 13.1 Å². The van der Waals surface area contributed by atoms with Gasteiger partial charge in [-0.1, -0.05) is 11.6 Å². The number of hydrogen-bond donors (Lipinski definition) is 2. The summed E-state index contributed by atoms with van der Waals surface area (Å²) < 4.78 is 63.3. The van der Waals surface area contributed by atoms with Gasteiger partial charge in [0.15, 0.2) is 0 Å². The van der Waals surface area contributed by atoms with E-state index in [2.05, 4.69) is 10.8 Å². The minimum Gasteiger partial charge on any atom is -0.343 e. The highest BCUT2D eigenvalue weighted by Gasteiger charge is 2.28. The molecule has 5 nitrogen and oxygen atoms in total. The van der Waals surface area contributed by atoms with Crippen molar-refractivity contribution in [3.05, 3.63) is 41.5 Å². The number of carbonyl (C=O) groups excluding carboxylic acids is 1. The van der Waals surface area contributed by atoms with Crippen LogP contribution in [0.5, 0.6) is 0 Å². The van der Waals surface area contributed by atoms with Crippen LogP contribution in [0, 0.1) is 0 Å². The highest BCUT2D eigenvalue weighted by Crippen LogP contribution is 2.20. The van der Waals surface area contributed by atoms with E-state index >= 15 is 0 Å². The summed E-state index contributed by atoms with van der Waals surface area (Å²) in [5.41, 5.74) is 1.20. The number of allylic oxidation sites excluding steroid dienone is 1. The standard InChI is InChI=1S/C17H21F3N2O3S/c18-17(19,20)12-21-16(23)14-6-8-15(9-7-14)26(24,25)22-11-10-13-4-2-1-3-5-13/h4,6-9,22H,1-3,5,10-12H2,(H,21,23). The maximum atomic E-state index is 12.2. The van der Waals surface area contributed by atoms with Crippen molar-refractivity contribution < 1.29 is 26.4 Å². The van der Waals surface area contributed by atoms with E-state index < -0.39 is 28.7 Å². The largest absolute Gasteiger partial charge is 0.405 e. The Morgan fingerprint density at radius 3 is 2.38 bits per heavy atom. The van der Waals surface area contributed by atoms with Crippen molar-refractivity contribution in [2.24, 2.45) is 0 Å². The van der Waals surface area contributed by atoms with Crippen molar-refractivity contribution in [2.75, 3.05) is 13.1 Å². The normalized spacial score (nSPS) is 15.4. The SMILES string of the molecule is O=C(NCC(F)(F)F)c1ccc(S(=O)(=O)NCCC2=CCCCC2)cc1. The quantitative estimate of drug-likeness (QED) is 0.703. The average Bonchev–Trinajstić information content (AvgIpc) is 2.60. The maximum Gasteiger partial charge on any atom is 0.405 e. The van der Waals surface area contributed by atoms with Crippen LogP contribution in [0.2, 0.25) is 0 Å². The highest BCUT2D eigenvalue weighted by molar-refractivity contribution is 7.89. The van der Waals surface area contributed by atoms with Gasteiger partial charge in [0.25, 0.3) is 5.91 Å². The molecule has 0 atom stereocenters. The summed E-state index contributed by atoms with van der Waals surface area (Å²) in [6.45, 7) is -1.16. The Bertz CT molecular complexity index is 756. The van der Waals surface area contributed by atoms with Gasteiger partial charge in [-0.15, -0.1) is 0 Å². The third-order valence-electron chi connectivity index (χ3n) is 4.00. The first kappa shape index (κ1) is 20.4. The monoisotopic (exact) mass is 390 g/mol. The van der Waals surface area contributed by atoms with Gasteiger partial charge in [0.1, 0.15) is 6.54 Å². The number of amides is 1. The fourth-order valence-electron chi connectivity index (χ4n) is 2.63. The van der Waals surface area contributed by atoms with Crippen LogP contribution in [0.15, 0.2) is 40.8 Å². The number of halogens is 3. The minimum atomic E-state index is -4.50. The molecule has 0 fully saturated rings. The van der Waals surface area contributed by atoms with Crippen LogP contribution in [-0.2, 0) is 10.0 Å². The van der Waals surface area contributed by atoms with Crippen molar-refractivity contribution in [2.45, 2.75) is 43.2 Å². The van der Waals surface area contributed by atoms with Crippen molar-refractivity contribution in [1.29, 1.82) is 0 Å². The molecule has 2 N–H and O–H groups in total. The molecule has 1 aromatic carbocycles. The lowest BCUT2D eigenvalue weighted by Crippen LogP contribution is -2.33. The Balaban J connectivity index is 1.91. The molecule has 1 aliphatic rings. The van der Waals surface area contributed by atoms with E-state index in [0.717, 1.165) is 25.7 Å². The van der Waals surface area contributed by atoms with Gasteiger partial charge in [0, 0.05) is 12.1 Å². The van der Waals surface area contributed by atoms with Crippen molar-refractivity contribution in [3.8, 4) is 0 Å². The predicted molar refractivity (Wildman–Crippen MR) is 91.2 cm³/mol. The molecule has 26 heavy (non-hydrogen) atoms. The zero-order valence-electron chi connectivity index (χ0n) is 14.1. The van der Waals surface area contributed by atoms with E-state index in [9.17, 15) is 26.4 Å². The van der Waals surface area contributed by atoms with Crippen molar-refractivity contribution >= 4 is 15.9 Å². The molecule has 144 valence electrons. The molecule has 0 heterocycles. The number of carbonyl (C=O) groups is 1. The summed E-state index contributed by atoms with van der Waals surface area (Å²) in [4.78, 5) is 11.6.